The molecule has 1 unspecified atom stereocenters. The SMILES string of the molecule is CC(C)c1c(Cl)nc(C2CN(C)CCCN2C)nc1Cl. The Labute approximate surface area is 131 Å². The number of rotatable bonds is 2. The van der Waals surface area contributed by atoms with E-state index in [-0.39, 0.29) is 12.0 Å². The van der Waals surface area contributed by atoms with Gasteiger partial charge in [-0.3, -0.25) is 4.90 Å². The molecule has 0 N–H and O–H groups in total. The topological polar surface area (TPSA) is 32.3 Å². The van der Waals surface area contributed by atoms with Crippen LogP contribution in [0, 0.1) is 0 Å². The van der Waals surface area contributed by atoms with E-state index in [0.29, 0.717) is 10.3 Å². The minimum Gasteiger partial charge on any atom is -0.304 e. The molecule has 1 saturated heterocycles. The summed E-state index contributed by atoms with van der Waals surface area (Å²) >= 11 is 12.6. The van der Waals surface area contributed by atoms with E-state index >= 15 is 0 Å². The summed E-state index contributed by atoms with van der Waals surface area (Å²) in [5, 5.41) is 0.964. The minimum absolute atomic E-state index is 0.138. The van der Waals surface area contributed by atoms with Crippen molar-refractivity contribution in [1.29, 1.82) is 0 Å². The molecule has 112 valence electrons. The fourth-order valence-electron chi connectivity index (χ4n) is 2.61. The lowest BCUT2D eigenvalue weighted by atomic mass is 10.1. The van der Waals surface area contributed by atoms with E-state index in [2.05, 4.69) is 33.9 Å². The van der Waals surface area contributed by atoms with Gasteiger partial charge in [0.1, 0.15) is 16.1 Å². The molecule has 0 bridgehead atoms. The lowest BCUT2D eigenvalue weighted by Gasteiger charge is -2.26. The van der Waals surface area contributed by atoms with Crippen molar-refractivity contribution < 1.29 is 0 Å². The number of likely N-dealkylation sites (N-methyl/N-ethyl adjacent to an activating group) is 2. The van der Waals surface area contributed by atoms with E-state index in [4.69, 9.17) is 23.2 Å². The number of hydrogen-bond acceptors (Lipinski definition) is 4. The van der Waals surface area contributed by atoms with Crippen molar-refractivity contribution >= 4 is 23.2 Å². The summed E-state index contributed by atoms with van der Waals surface area (Å²) in [5.74, 6) is 0.944. The summed E-state index contributed by atoms with van der Waals surface area (Å²) in [5.41, 5.74) is 0.835. The zero-order valence-electron chi connectivity index (χ0n) is 12.5. The lowest BCUT2D eigenvalue weighted by molar-refractivity contribution is 0.219. The molecule has 1 fully saturated rings. The zero-order valence-corrected chi connectivity index (χ0v) is 14.0. The van der Waals surface area contributed by atoms with Gasteiger partial charge in [0.05, 0.1) is 6.04 Å². The van der Waals surface area contributed by atoms with Gasteiger partial charge in [-0.05, 0) is 39.5 Å². The van der Waals surface area contributed by atoms with E-state index < -0.39 is 0 Å². The van der Waals surface area contributed by atoms with Crippen LogP contribution in [-0.2, 0) is 0 Å². The molecule has 0 amide bonds. The van der Waals surface area contributed by atoms with Crippen molar-refractivity contribution in [3.8, 4) is 0 Å². The number of nitrogens with zero attached hydrogens (tertiary/aromatic N) is 4. The molecule has 4 nitrogen and oxygen atoms in total. The number of aromatic nitrogens is 2. The first kappa shape index (κ1) is 16.0. The van der Waals surface area contributed by atoms with E-state index in [9.17, 15) is 0 Å². The monoisotopic (exact) mass is 316 g/mol. The normalized spacial score (nSPS) is 22.2. The number of hydrogen-bond donors (Lipinski definition) is 0. The molecule has 1 atom stereocenters. The van der Waals surface area contributed by atoms with E-state index in [1.165, 1.54) is 0 Å². The summed E-state index contributed by atoms with van der Waals surface area (Å²) in [6, 6.07) is 0.138. The second kappa shape index (κ2) is 6.56. The van der Waals surface area contributed by atoms with E-state index in [1.807, 2.05) is 13.8 Å². The van der Waals surface area contributed by atoms with Crippen molar-refractivity contribution in [2.24, 2.45) is 0 Å². The first-order chi connectivity index (χ1) is 9.40. The highest BCUT2D eigenvalue weighted by Gasteiger charge is 2.26. The Hall–Kier alpha value is -0.420. The van der Waals surface area contributed by atoms with Crippen molar-refractivity contribution in [1.82, 2.24) is 19.8 Å². The molecule has 0 aromatic carbocycles. The summed E-state index contributed by atoms with van der Waals surface area (Å²) in [7, 11) is 4.23. The van der Waals surface area contributed by atoms with Gasteiger partial charge < -0.3 is 4.90 Å². The molecule has 1 aliphatic rings. The van der Waals surface area contributed by atoms with Gasteiger partial charge in [0, 0.05) is 12.1 Å². The van der Waals surface area contributed by atoms with Crippen LogP contribution in [-0.4, -0.2) is 53.5 Å². The quantitative estimate of drug-likeness (QED) is 0.784. The fourth-order valence-corrected chi connectivity index (χ4v) is 3.44. The van der Waals surface area contributed by atoms with Gasteiger partial charge >= 0.3 is 0 Å². The van der Waals surface area contributed by atoms with Gasteiger partial charge in [-0.1, -0.05) is 37.0 Å². The molecule has 6 heteroatoms. The van der Waals surface area contributed by atoms with E-state index in [0.717, 1.165) is 37.4 Å². The van der Waals surface area contributed by atoms with Gasteiger partial charge in [0.25, 0.3) is 0 Å². The maximum atomic E-state index is 6.31. The molecule has 0 radical (unpaired) electrons. The standard InChI is InChI=1S/C14H22Cl2N4/c1-9(2)11-12(15)17-14(18-13(11)16)10-8-19(3)6-5-7-20(10)4/h9-10H,5-8H2,1-4H3. The lowest BCUT2D eigenvalue weighted by Crippen LogP contribution is -2.32. The van der Waals surface area contributed by atoms with Gasteiger partial charge in [0.2, 0.25) is 0 Å². The van der Waals surface area contributed by atoms with Crippen LogP contribution in [0.2, 0.25) is 10.3 Å². The maximum absolute atomic E-state index is 6.31. The Morgan fingerprint density at radius 2 is 1.70 bits per heavy atom. The average molecular weight is 317 g/mol. The van der Waals surface area contributed by atoms with Crippen LogP contribution in [0.4, 0.5) is 0 Å². The van der Waals surface area contributed by atoms with Crippen molar-refractivity contribution in [2.75, 3.05) is 33.7 Å². The minimum atomic E-state index is 0.138. The summed E-state index contributed by atoms with van der Waals surface area (Å²) in [6.45, 7) is 7.10. The van der Waals surface area contributed by atoms with Crippen LogP contribution in [0.25, 0.3) is 0 Å². The molecular formula is C14H22Cl2N4. The molecule has 2 rings (SSSR count). The van der Waals surface area contributed by atoms with Gasteiger partial charge in [-0.15, -0.1) is 0 Å². The van der Waals surface area contributed by atoms with Crippen LogP contribution in [0.3, 0.4) is 0 Å². The van der Waals surface area contributed by atoms with Crippen LogP contribution in [0.5, 0.6) is 0 Å². The molecule has 2 heterocycles. The Bertz CT molecular complexity index is 455. The van der Waals surface area contributed by atoms with Gasteiger partial charge in [0.15, 0.2) is 0 Å². The first-order valence-electron chi connectivity index (χ1n) is 7.01. The van der Waals surface area contributed by atoms with Gasteiger partial charge in [-0.25, -0.2) is 9.97 Å². The third-order valence-corrected chi connectivity index (χ3v) is 4.39. The third kappa shape index (κ3) is 3.42. The fraction of sp³-hybridized carbons (Fsp3) is 0.714. The molecule has 0 spiro atoms. The van der Waals surface area contributed by atoms with Crippen LogP contribution in [0.15, 0.2) is 0 Å². The van der Waals surface area contributed by atoms with Crippen LogP contribution in [0.1, 0.15) is 43.6 Å². The van der Waals surface area contributed by atoms with E-state index in [1.54, 1.807) is 0 Å². The molecular weight excluding hydrogens is 295 g/mol. The second-order valence-electron chi connectivity index (χ2n) is 5.84. The molecule has 1 aliphatic heterocycles. The highest BCUT2D eigenvalue weighted by atomic mass is 35.5. The van der Waals surface area contributed by atoms with Crippen molar-refractivity contribution in [3.05, 3.63) is 21.7 Å². The highest BCUT2D eigenvalue weighted by Crippen LogP contribution is 2.31. The first-order valence-corrected chi connectivity index (χ1v) is 7.77. The Morgan fingerprint density at radius 3 is 2.25 bits per heavy atom. The molecule has 1 aromatic rings. The predicted molar refractivity (Wildman–Crippen MR) is 83.6 cm³/mol. The average Bonchev–Trinajstić information content (AvgIpc) is 2.49. The van der Waals surface area contributed by atoms with Crippen molar-refractivity contribution in [3.63, 3.8) is 0 Å². The van der Waals surface area contributed by atoms with Crippen molar-refractivity contribution in [2.45, 2.75) is 32.2 Å². The maximum Gasteiger partial charge on any atom is 0.150 e. The largest absolute Gasteiger partial charge is 0.304 e. The Balaban J connectivity index is 2.36. The molecule has 20 heavy (non-hydrogen) atoms. The molecule has 0 saturated carbocycles. The van der Waals surface area contributed by atoms with Gasteiger partial charge in [-0.2, -0.15) is 0 Å². The second-order valence-corrected chi connectivity index (χ2v) is 6.56. The zero-order chi connectivity index (χ0) is 14.9. The van der Waals surface area contributed by atoms with Crippen LogP contribution < -0.4 is 0 Å². The summed E-state index contributed by atoms with van der Waals surface area (Å²) in [4.78, 5) is 13.6. The number of halogens is 2. The Morgan fingerprint density at radius 1 is 1.10 bits per heavy atom. The molecule has 0 aliphatic carbocycles. The summed E-state index contributed by atoms with van der Waals surface area (Å²) in [6.07, 6.45) is 1.15. The molecule has 1 aromatic heterocycles. The summed E-state index contributed by atoms with van der Waals surface area (Å²) < 4.78 is 0. The Kier molecular flexibility index (Phi) is 5.24. The smallest absolute Gasteiger partial charge is 0.150 e. The highest BCUT2D eigenvalue weighted by molar-refractivity contribution is 6.34. The third-order valence-electron chi connectivity index (χ3n) is 3.81. The predicted octanol–water partition coefficient (Wildman–Crippen LogP) is 3.22. The van der Waals surface area contributed by atoms with Crippen LogP contribution >= 0.6 is 23.2 Å².